The van der Waals surface area contributed by atoms with Gasteiger partial charge in [-0.2, -0.15) is 0 Å². The molecule has 1 atom stereocenters. The molecule has 1 heteroatoms. The lowest BCUT2D eigenvalue weighted by atomic mass is 10.1. The zero-order valence-electron chi connectivity index (χ0n) is 9.16. The summed E-state index contributed by atoms with van der Waals surface area (Å²) < 4.78 is 25.8. The molecule has 1 nitrogen and oxygen atoms in total. The van der Waals surface area contributed by atoms with Crippen molar-refractivity contribution in [1.82, 2.24) is 0 Å². The van der Waals surface area contributed by atoms with Crippen LogP contribution in [0.25, 0.3) is 0 Å². The molecule has 0 bridgehead atoms. The number of rotatable bonds is 3. The van der Waals surface area contributed by atoms with Crippen LogP contribution in [0.5, 0.6) is 0 Å². The molecule has 0 N–H and O–H groups in total. The molecule has 0 radical (unpaired) electrons. The summed E-state index contributed by atoms with van der Waals surface area (Å²) in [6.45, 7) is 3.55. The van der Waals surface area contributed by atoms with Gasteiger partial charge < -0.3 is 4.74 Å². The molecule has 0 aromatic heterocycles. The minimum Gasteiger partial charge on any atom is -0.373 e. The molecule has 11 heavy (non-hydrogen) atoms. The minimum absolute atomic E-state index is 0.580. The van der Waals surface area contributed by atoms with Crippen LogP contribution in [0.15, 0.2) is 43.0 Å². The first-order chi connectivity index (χ1) is 6.53. The van der Waals surface area contributed by atoms with Gasteiger partial charge in [-0.25, -0.2) is 0 Å². The maximum Gasteiger partial charge on any atom is 0.1000 e. The summed E-state index contributed by atoms with van der Waals surface area (Å²) in [5.41, 5.74) is 0.790. The lowest BCUT2D eigenvalue weighted by Crippen LogP contribution is -1.95. The average molecular weight is 151 g/mol. The van der Waals surface area contributed by atoms with Gasteiger partial charge in [0.05, 0.1) is 10.2 Å². The fourth-order valence-corrected chi connectivity index (χ4v) is 0.895. The monoisotopic (exact) mass is 151 g/mol. The SMILES string of the molecule is [2H]C([2H])([2H])OC(C=C)c1ccccc1. The van der Waals surface area contributed by atoms with Crippen LogP contribution in [0.3, 0.4) is 0 Å². The summed E-state index contributed by atoms with van der Waals surface area (Å²) in [5.74, 6) is 0. The topological polar surface area (TPSA) is 9.23 Å². The normalized spacial score (nSPS) is 17.6. The van der Waals surface area contributed by atoms with Crippen molar-refractivity contribution < 1.29 is 8.85 Å². The van der Waals surface area contributed by atoms with Crippen molar-refractivity contribution in [3.8, 4) is 0 Å². The highest BCUT2D eigenvalue weighted by Gasteiger charge is 2.02. The Labute approximate surface area is 71.5 Å². The van der Waals surface area contributed by atoms with Gasteiger partial charge in [-0.1, -0.05) is 36.4 Å². The molecule has 0 saturated carbocycles. The number of hydrogen-bond donors (Lipinski definition) is 0. The van der Waals surface area contributed by atoms with Crippen molar-refractivity contribution in [2.75, 3.05) is 7.04 Å². The molecule has 1 aromatic rings. The second-order valence-electron chi connectivity index (χ2n) is 2.18. The molecule has 0 amide bonds. The molecule has 1 aromatic carbocycles. The summed E-state index contributed by atoms with van der Waals surface area (Å²) in [6.07, 6.45) is 0.894. The summed E-state index contributed by atoms with van der Waals surface area (Å²) in [7, 11) is -2.39. The van der Waals surface area contributed by atoms with Gasteiger partial charge in [0.1, 0.15) is 0 Å². The Morgan fingerprint density at radius 3 is 2.82 bits per heavy atom. The fourth-order valence-electron chi connectivity index (χ4n) is 0.895. The van der Waals surface area contributed by atoms with E-state index in [9.17, 15) is 0 Å². The van der Waals surface area contributed by atoms with Crippen molar-refractivity contribution in [2.24, 2.45) is 0 Å². The standard InChI is InChI=1S/C10H12O/c1-3-10(11-2)9-7-5-4-6-8-9/h3-8,10H,1H2,2H3/i2D3. The van der Waals surface area contributed by atoms with Crippen LogP contribution in [0.2, 0.25) is 0 Å². The first-order valence-corrected chi connectivity index (χ1v) is 3.38. The Kier molecular flexibility index (Phi) is 1.69. The van der Waals surface area contributed by atoms with Crippen LogP contribution in [-0.2, 0) is 4.74 Å². The molecule has 0 heterocycles. The molecule has 0 aliphatic rings. The van der Waals surface area contributed by atoms with E-state index in [2.05, 4.69) is 6.58 Å². The van der Waals surface area contributed by atoms with E-state index in [4.69, 9.17) is 8.85 Å². The van der Waals surface area contributed by atoms with Crippen LogP contribution in [0.4, 0.5) is 0 Å². The summed E-state index contributed by atoms with van der Waals surface area (Å²) >= 11 is 0. The third-order valence-electron chi connectivity index (χ3n) is 1.47. The van der Waals surface area contributed by atoms with E-state index < -0.39 is 13.1 Å². The average Bonchev–Trinajstić information content (AvgIpc) is 2.14. The van der Waals surface area contributed by atoms with Crippen molar-refractivity contribution in [2.45, 2.75) is 6.10 Å². The van der Waals surface area contributed by atoms with E-state index in [0.717, 1.165) is 5.56 Å². The van der Waals surface area contributed by atoms with Crippen LogP contribution < -0.4 is 0 Å². The molecule has 0 saturated heterocycles. The lowest BCUT2D eigenvalue weighted by molar-refractivity contribution is 0.143. The number of hydrogen-bond acceptors (Lipinski definition) is 1. The van der Waals surface area contributed by atoms with Crippen molar-refractivity contribution >= 4 is 0 Å². The predicted molar refractivity (Wildman–Crippen MR) is 46.4 cm³/mol. The predicted octanol–water partition coefficient (Wildman–Crippen LogP) is 2.56. The molecule has 0 fully saturated rings. The van der Waals surface area contributed by atoms with Gasteiger partial charge >= 0.3 is 0 Å². The number of methoxy groups -OCH3 is 1. The second-order valence-corrected chi connectivity index (χ2v) is 2.18. The van der Waals surface area contributed by atoms with Gasteiger partial charge in [0.2, 0.25) is 0 Å². The van der Waals surface area contributed by atoms with Gasteiger partial charge in [-0.05, 0) is 5.56 Å². The van der Waals surface area contributed by atoms with Crippen molar-refractivity contribution in [3.05, 3.63) is 48.6 Å². The van der Waals surface area contributed by atoms with Crippen molar-refractivity contribution in [1.29, 1.82) is 0 Å². The third-order valence-corrected chi connectivity index (χ3v) is 1.47. The smallest absolute Gasteiger partial charge is 0.1000 e. The molecular weight excluding hydrogens is 136 g/mol. The summed E-state index contributed by atoms with van der Waals surface area (Å²) in [6, 6.07) is 9.12. The Hall–Kier alpha value is -1.08. The quantitative estimate of drug-likeness (QED) is 0.603. The van der Waals surface area contributed by atoms with Crippen LogP contribution >= 0.6 is 0 Å². The van der Waals surface area contributed by atoms with Gasteiger partial charge in [0.25, 0.3) is 0 Å². The third kappa shape index (κ3) is 1.92. The summed E-state index contributed by atoms with van der Waals surface area (Å²) in [5, 5.41) is 0. The van der Waals surface area contributed by atoms with E-state index in [1.54, 1.807) is 12.1 Å². The molecule has 0 aliphatic carbocycles. The first-order valence-electron chi connectivity index (χ1n) is 4.88. The van der Waals surface area contributed by atoms with E-state index in [0.29, 0.717) is 0 Å². The van der Waals surface area contributed by atoms with E-state index in [-0.39, 0.29) is 0 Å². The summed E-state index contributed by atoms with van der Waals surface area (Å²) in [4.78, 5) is 0. The van der Waals surface area contributed by atoms with Crippen LogP contribution in [-0.4, -0.2) is 7.04 Å². The molecular formula is C10H12O. The van der Waals surface area contributed by atoms with Crippen LogP contribution in [0.1, 0.15) is 15.8 Å². The Morgan fingerprint density at radius 1 is 1.55 bits per heavy atom. The highest BCUT2D eigenvalue weighted by Crippen LogP contribution is 2.15. The highest BCUT2D eigenvalue weighted by atomic mass is 16.5. The van der Waals surface area contributed by atoms with E-state index in [1.807, 2.05) is 18.2 Å². The van der Waals surface area contributed by atoms with Gasteiger partial charge in [0, 0.05) is 7.04 Å². The van der Waals surface area contributed by atoms with Gasteiger partial charge in [0.15, 0.2) is 0 Å². The Bertz CT molecular complexity index is 292. The van der Waals surface area contributed by atoms with E-state index >= 15 is 0 Å². The molecule has 1 rings (SSSR count). The number of ether oxygens (including phenoxy) is 1. The molecule has 0 spiro atoms. The largest absolute Gasteiger partial charge is 0.373 e. The van der Waals surface area contributed by atoms with Crippen molar-refractivity contribution in [3.63, 3.8) is 0 Å². The maximum absolute atomic E-state index is 6.98. The van der Waals surface area contributed by atoms with Crippen LogP contribution in [0, 0.1) is 0 Å². The van der Waals surface area contributed by atoms with E-state index in [1.165, 1.54) is 6.08 Å². The zero-order chi connectivity index (χ0) is 10.6. The first kappa shape index (κ1) is 4.73. The minimum atomic E-state index is -2.39. The highest BCUT2D eigenvalue weighted by molar-refractivity contribution is 5.20. The molecule has 1 unspecified atom stereocenters. The molecule has 0 aliphatic heterocycles. The van der Waals surface area contributed by atoms with Gasteiger partial charge in [-0.3, -0.25) is 0 Å². The zero-order valence-corrected chi connectivity index (χ0v) is 6.16. The van der Waals surface area contributed by atoms with Gasteiger partial charge in [-0.15, -0.1) is 6.58 Å². The molecule has 58 valence electrons. The maximum atomic E-state index is 6.98. The Balaban J connectivity index is 2.78. The second kappa shape index (κ2) is 3.94. The fraction of sp³-hybridized carbons (Fsp3) is 0.200. The number of benzene rings is 1. The Morgan fingerprint density at radius 2 is 2.27 bits per heavy atom. The lowest BCUT2D eigenvalue weighted by Gasteiger charge is -2.09.